The minimum atomic E-state index is 0.0532. The Kier molecular flexibility index (Phi) is 1.71. The third-order valence-corrected chi connectivity index (χ3v) is 1.53. The van der Waals surface area contributed by atoms with Gasteiger partial charge in [-0.3, -0.25) is 9.80 Å². The highest BCUT2D eigenvalue weighted by atomic mass is 16.2. The summed E-state index contributed by atoms with van der Waals surface area (Å²) >= 11 is 0. The van der Waals surface area contributed by atoms with E-state index in [1.165, 1.54) is 5.01 Å². The van der Waals surface area contributed by atoms with Gasteiger partial charge in [-0.05, 0) is 12.8 Å². The maximum atomic E-state index is 10.8. The molecule has 0 spiro atoms. The van der Waals surface area contributed by atoms with Crippen LogP contribution in [0, 0.1) is 0 Å². The van der Waals surface area contributed by atoms with Crippen molar-refractivity contribution >= 4 is 5.91 Å². The van der Waals surface area contributed by atoms with Crippen molar-refractivity contribution in [1.29, 1.82) is 0 Å². The van der Waals surface area contributed by atoms with Gasteiger partial charge < -0.3 is 0 Å². The summed E-state index contributed by atoms with van der Waals surface area (Å²) in [6.45, 7) is 1.82. The number of hydrogen-bond donors (Lipinski definition) is 1. The van der Waals surface area contributed by atoms with Gasteiger partial charge in [0, 0.05) is 12.5 Å². The van der Waals surface area contributed by atoms with Gasteiger partial charge >= 0.3 is 0 Å². The molecule has 3 nitrogen and oxygen atoms in total. The van der Waals surface area contributed by atoms with E-state index in [9.17, 15) is 4.79 Å². The van der Waals surface area contributed by atoms with Crippen LogP contribution in [-0.4, -0.2) is 17.0 Å². The van der Waals surface area contributed by atoms with Crippen molar-refractivity contribution in [3.8, 4) is 0 Å². The molecular formula is C6H12N2O. The van der Waals surface area contributed by atoms with Crippen LogP contribution in [0.1, 0.15) is 26.2 Å². The molecule has 9 heavy (non-hydrogen) atoms. The van der Waals surface area contributed by atoms with Crippen LogP contribution in [0.4, 0.5) is 0 Å². The van der Waals surface area contributed by atoms with Gasteiger partial charge in [-0.25, -0.2) is 5.84 Å². The first-order chi connectivity index (χ1) is 4.25. The molecule has 0 saturated heterocycles. The Labute approximate surface area is 54.8 Å². The molecule has 1 aliphatic carbocycles. The largest absolute Gasteiger partial charge is 0.278 e. The van der Waals surface area contributed by atoms with Gasteiger partial charge in [0.2, 0.25) is 5.91 Å². The Morgan fingerprint density at radius 1 is 1.78 bits per heavy atom. The lowest BCUT2D eigenvalue weighted by Crippen LogP contribution is -2.38. The summed E-state index contributed by atoms with van der Waals surface area (Å²) in [7, 11) is 0. The molecule has 52 valence electrons. The zero-order valence-electron chi connectivity index (χ0n) is 5.63. The van der Waals surface area contributed by atoms with Gasteiger partial charge in [-0.2, -0.15) is 0 Å². The van der Waals surface area contributed by atoms with Crippen LogP contribution in [0.25, 0.3) is 0 Å². The van der Waals surface area contributed by atoms with Crippen LogP contribution < -0.4 is 5.84 Å². The van der Waals surface area contributed by atoms with Crippen LogP contribution in [0.3, 0.4) is 0 Å². The van der Waals surface area contributed by atoms with E-state index < -0.39 is 0 Å². The highest BCUT2D eigenvalue weighted by Gasteiger charge is 2.29. The molecule has 0 aromatic carbocycles. The van der Waals surface area contributed by atoms with Gasteiger partial charge in [0.05, 0.1) is 0 Å². The van der Waals surface area contributed by atoms with E-state index in [-0.39, 0.29) is 5.91 Å². The zero-order valence-corrected chi connectivity index (χ0v) is 5.63. The normalized spacial score (nSPS) is 17.6. The molecule has 0 heterocycles. The molecule has 1 fully saturated rings. The summed E-state index contributed by atoms with van der Waals surface area (Å²) in [6, 6.07) is 0.359. The Bertz CT molecular complexity index is 120. The zero-order chi connectivity index (χ0) is 6.85. The smallest absolute Gasteiger partial charge is 0.236 e. The predicted molar refractivity (Wildman–Crippen MR) is 34.3 cm³/mol. The number of nitrogens with two attached hydrogens (primary N) is 1. The average molecular weight is 128 g/mol. The summed E-state index contributed by atoms with van der Waals surface area (Å²) in [5.74, 6) is 5.47. The van der Waals surface area contributed by atoms with Crippen molar-refractivity contribution < 1.29 is 4.79 Å². The lowest BCUT2D eigenvalue weighted by atomic mass is 10.4. The van der Waals surface area contributed by atoms with Crippen LogP contribution in [0.15, 0.2) is 0 Å². The number of carbonyl (C=O) groups is 1. The van der Waals surface area contributed by atoms with Crippen molar-refractivity contribution in [2.24, 2.45) is 5.84 Å². The van der Waals surface area contributed by atoms with Crippen LogP contribution in [-0.2, 0) is 4.79 Å². The van der Waals surface area contributed by atoms with Crippen molar-refractivity contribution in [2.75, 3.05) is 0 Å². The highest BCUT2D eigenvalue weighted by molar-refractivity contribution is 5.75. The molecule has 0 atom stereocenters. The molecule has 0 aliphatic heterocycles. The number of carbonyl (C=O) groups excluding carboxylic acids is 1. The molecule has 0 aromatic rings. The first-order valence-corrected chi connectivity index (χ1v) is 3.32. The topological polar surface area (TPSA) is 46.3 Å². The third-order valence-electron chi connectivity index (χ3n) is 1.53. The molecule has 1 aliphatic rings. The maximum absolute atomic E-state index is 10.8. The van der Waals surface area contributed by atoms with E-state index in [1.807, 2.05) is 6.92 Å². The van der Waals surface area contributed by atoms with Crippen molar-refractivity contribution in [3.05, 3.63) is 0 Å². The van der Waals surface area contributed by atoms with Crippen molar-refractivity contribution in [2.45, 2.75) is 32.2 Å². The van der Waals surface area contributed by atoms with Gasteiger partial charge in [0.15, 0.2) is 0 Å². The summed E-state index contributed by atoms with van der Waals surface area (Å²) in [5, 5.41) is 1.36. The Morgan fingerprint density at radius 3 is 2.67 bits per heavy atom. The fourth-order valence-corrected chi connectivity index (χ4v) is 0.739. The van der Waals surface area contributed by atoms with Crippen LogP contribution in [0.5, 0.6) is 0 Å². The molecule has 0 bridgehead atoms. The molecule has 1 rings (SSSR count). The number of hydrogen-bond acceptors (Lipinski definition) is 2. The molecule has 2 N–H and O–H groups in total. The second-order valence-electron chi connectivity index (χ2n) is 2.39. The molecule has 0 radical (unpaired) electrons. The number of nitrogens with zero attached hydrogens (tertiary/aromatic N) is 1. The van der Waals surface area contributed by atoms with E-state index in [2.05, 4.69) is 0 Å². The number of hydrazine groups is 1. The van der Waals surface area contributed by atoms with Crippen molar-refractivity contribution in [1.82, 2.24) is 5.01 Å². The molecular weight excluding hydrogens is 116 g/mol. The summed E-state index contributed by atoms with van der Waals surface area (Å²) < 4.78 is 0. The molecule has 1 amide bonds. The van der Waals surface area contributed by atoms with Crippen LogP contribution >= 0.6 is 0 Å². The monoisotopic (exact) mass is 128 g/mol. The first kappa shape index (κ1) is 6.55. The lowest BCUT2D eigenvalue weighted by molar-refractivity contribution is -0.131. The molecule has 0 unspecified atom stereocenters. The summed E-state index contributed by atoms with van der Waals surface area (Å²) in [4.78, 5) is 10.8. The minimum absolute atomic E-state index is 0.0532. The average Bonchev–Trinajstić information content (AvgIpc) is 2.66. The predicted octanol–water partition coefficient (Wildman–Crippen LogP) is 0.261. The SMILES string of the molecule is CCC(=O)N(N)C1CC1. The fraction of sp³-hybridized carbons (Fsp3) is 0.833. The maximum Gasteiger partial charge on any atom is 0.236 e. The van der Waals surface area contributed by atoms with E-state index in [4.69, 9.17) is 5.84 Å². The van der Waals surface area contributed by atoms with E-state index >= 15 is 0 Å². The van der Waals surface area contributed by atoms with Gasteiger partial charge in [-0.1, -0.05) is 6.92 Å². The van der Waals surface area contributed by atoms with Gasteiger partial charge in [0.1, 0.15) is 0 Å². The fourth-order valence-electron chi connectivity index (χ4n) is 0.739. The van der Waals surface area contributed by atoms with Gasteiger partial charge in [0.25, 0.3) is 0 Å². The third kappa shape index (κ3) is 1.42. The highest BCUT2D eigenvalue weighted by Crippen LogP contribution is 2.24. The molecule has 1 saturated carbocycles. The number of amides is 1. The van der Waals surface area contributed by atoms with E-state index in [0.717, 1.165) is 12.8 Å². The van der Waals surface area contributed by atoms with Gasteiger partial charge in [-0.15, -0.1) is 0 Å². The lowest BCUT2D eigenvalue weighted by Gasteiger charge is -2.13. The van der Waals surface area contributed by atoms with Crippen molar-refractivity contribution in [3.63, 3.8) is 0 Å². The molecule has 0 aromatic heterocycles. The standard InChI is InChI=1S/C6H12N2O/c1-2-6(9)8(7)5-3-4-5/h5H,2-4,7H2,1H3. The molecule has 3 heteroatoms. The number of rotatable bonds is 2. The second kappa shape index (κ2) is 2.35. The summed E-state index contributed by atoms with van der Waals surface area (Å²) in [6.07, 6.45) is 2.69. The first-order valence-electron chi connectivity index (χ1n) is 3.32. The summed E-state index contributed by atoms with van der Waals surface area (Å²) in [5.41, 5.74) is 0. The second-order valence-corrected chi connectivity index (χ2v) is 2.39. The van der Waals surface area contributed by atoms with E-state index in [1.54, 1.807) is 0 Å². The Morgan fingerprint density at radius 2 is 2.33 bits per heavy atom. The minimum Gasteiger partial charge on any atom is -0.278 e. The van der Waals surface area contributed by atoms with E-state index in [0.29, 0.717) is 12.5 Å². The Hall–Kier alpha value is -0.570. The quantitative estimate of drug-likeness (QED) is 0.329. The Balaban J connectivity index is 2.30. The van der Waals surface area contributed by atoms with Crippen LogP contribution in [0.2, 0.25) is 0 Å².